The molecule has 3 heterocycles. The lowest BCUT2D eigenvalue weighted by molar-refractivity contribution is -0.274. The van der Waals surface area contributed by atoms with E-state index in [2.05, 4.69) is 14.7 Å². The van der Waals surface area contributed by atoms with Crippen LogP contribution >= 0.6 is 0 Å². The van der Waals surface area contributed by atoms with Crippen molar-refractivity contribution in [1.29, 1.82) is 0 Å². The number of nitrogens with zero attached hydrogens (tertiary/aromatic N) is 2. The van der Waals surface area contributed by atoms with Gasteiger partial charge in [-0.1, -0.05) is 6.07 Å². The second-order valence-corrected chi connectivity index (χ2v) is 10.5. The normalized spacial score (nSPS) is 17.8. The van der Waals surface area contributed by atoms with E-state index in [1.807, 2.05) is 0 Å². The highest BCUT2D eigenvalue weighted by molar-refractivity contribution is 6.01. The molecule has 12 heteroatoms. The predicted molar refractivity (Wildman–Crippen MR) is 143 cm³/mol. The number of benzene rings is 2. The van der Waals surface area contributed by atoms with Crippen LogP contribution < -0.4 is 15.2 Å². The lowest BCUT2D eigenvalue weighted by Gasteiger charge is -2.26. The zero-order valence-electron chi connectivity index (χ0n) is 22.5. The topological polar surface area (TPSA) is 125 Å². The van der Waals surface area contributed by atoms with Crippen molar-refractivity contribution in [2.45, 2.75) is 44.1 Å². The number of carbonyl (C=O) groups excluding carboxylic acids is 2. The number of aliphatic hydroxyl groups is 1. The molecule has 0 saturated carbocycles. The van der Waals surface area contributed by atoms with Crippen LogP contribution in [0.1, 0.15) is 48.3 Å². The average molecular weight is 584 g/mol. The van der Waals surface area contributed by atoms with Gasteiger partial charge in [0.25, 0.3) is 0 Å². The van der Waals surface area contributed by atoms with E-state index in [1.54, 1.807) is 6.92 Å². The van der Waals surface area contributed by atoms with Gasteiger partial charge in [0.15, 0.2) is 11.5 Å². The molecule has 2 aromatic heterocycles. The Bertz CT molecular complexity index is 1710. The molecule has 1 aliphatic rings. The van der Waals surface area contributed by atoms with Gasteiger partial charge in [-0.25, -0.2) is 9.37 Å². The Hall–Kier alpha value is -4.58. The number of hydrogen-bond donors (Lipinski definition) is 2. The maximum atomic E-state index is 13.6. The number of hydrogen-bond acceptors (Lipinski definition) is 7. The van der Waals surface area contributed by atoms with E-state index in [4.69, 9.17) is 10.5 Å². The second-order valence-electron chi connectivity index (χ2n) is 10.5. The van der Waals surface area contributed by atoms with Crippen LogP contribution in [-0.4, -0.2) is 39.7 Å². The largest absolute Gasteiger partial charge is 0.573 e. The summed E-state index contributed by atoms with van der Waals surface area (Å²) in [5.41, 5.74) is 3.74. The Morgan fingerprint density at radius 1 is 1.14 bits per heavy atom. The van der Waals surface area contributed by atoms with Crippen LogP contribution in [0.15, 0.2) is 60.8 Å². The summed E-state index contributed by atoms with van der Waals surface area (Å²) in [4.78, 5) is 34.1. The number of aromatic nitrogens is 2. The van der Waals surface area contributed by atoms with Crippen LogP contribution in [0.4, 0.5) is 17.6 Å². The van der Waals surface area contributed by atoms with Crippen LogP contribution in [-0.2, 0) is 15.8 Å². The summed E-state index contributed by atoms with van der Waals surface area (Å²) in [6.45, 7) is 2.94. The number of pyridine rings is 2. The molecule has 5 rings (SSSR count). The monoisotopic (exact) mass is 583 g/mol. The van der Waals surface area contributed by atoms with Crippen LogP contribution in [0.25, 0.3) is 22.2 Å². The van der Waals surface area contributed by atoms with Gasteiger partial charge in [0, 0.05) is 34.7 Å². The van der Waals surface area contributed by atoms with Gasteiger partial charge in [-0.3, -0.25) is 14.6 Å². The maximum Gasteiger partial charge on any atom is 0.573 e. The molecular formula is C30H25F4N3O5. The van der Waals surface area contributed by atoms with Crippen LogP contribution in [0, 0.1) is 5.82 Å². The first-order valence-electron chi connectivity index (χ1n) is 12.8. The molecule has 2 atom stereocenters. The van der Waals surface area contributed by atoms with Gasteiger partial charge < -0.3 is 20.3 Å². The number of carbonyl (C=O) groups is 2. The zero-order valence-corrected chi connectivity index (χ0v) is 22.5. The molecule has 0 aliphatic carbocycles. The minimum absolute atomic E-state index is 0.0610. The molecule has 1 amide bonds. The third-order valence-electron chi connectivity index (χ3n) is 7.34. The summed E-state index contributed by atoms with van der Waals surface area (Å²) in [6, 6.07) is 12.3. The summed E-state index contributed by atoms with van der Waals surface area (Å²) >= 11 is 0. The third-order valence-corrected chi connectivity index (χ3v) is 7.34. The van der Waals surface area contributed by atoms with Crippen molar-refractivity contribution in [3.8, 4) is 22.8 Å². The smallest absolute Gasteiger partial charge is 0.489 e. The van der Waals surface area contributed by atoms with E-state index >= 15 is 0 Å². The fourth-order valence-electron chi connectivity index (χ4n) is 4.82. The number of rotatable bonds is 8. The molecule has 218 valence electrons. The second kappa shape index (κ2) is 10.4. The molecule has 0 radical (unpaired) electrons. The van der Waals surface area contributed by atoms with Gasteiger partial charge in [-0.2, -0.15) is 0 Å². The molecular weight excluding hydrogens is 558 g/mol. The van der Waals surface area contributed by atoms with Crippen LogP contribution in [0.5, 0.6) is 11.5 Å². The lowest BCUT2D eigenvalue weighted by atomic mass is 9.81. The van der Waals surface area contributed by atoms with Crippen molar-refractivity contribution in [2.24, 2.45) is 5.73 Å². The van der Waals surface area contributed by atoms with Gasteiger partial charge in [-0.15, -0.1) is 13.2 Å². The molecule has 2 aromatic carbocycles. The Labute approximate surface area is 237 Å². The summed E-state index contributed by atoms with van der Waals surface area (Å²) in [7, 11) is 0. The van der Waals surface area contributed by atoms with E-state index in [0.717, 1.165) is 6.07 Å². The number of Topliss-reactive ketones (excluding diaryl/α,β-unsaturated/α-hetero) is 1. The Balaban J connectivity index is 1.49. The number of primary amides is 1. The highest BCUT2D eigenvalue weighted by Crippen LogP contribution is 2.46. The molecule has 8 nitrogen and oxygen atoms in total. The average Bonchev–Trinajstić information content (AvgIpc) is 3.29. The SMILES string of the molecule is C[C@](O)(CCC(=O)c1cc(OC(F)(F)F)c2ncccc2c1)c1cc2c(c(-c3ccc(F)cc3)n1)OC[C@]2(C)C(N)=O. The van der Waals surface area contributed by atoms with Crippen molar-refractivity contribution in [1.82, 2.24) is 9.97 Å². The van der Waals surface area contributed by atoms with Crippen molar-refractivity contribution in [3.63, 3.8) is 0 Å². The minimum atomic E-state index is -5.00. The number of halogens is 4. The number of alkyl halides is 3. The fraction of sp³-hybridized carbons (Fsp3) is 0.267. The first-order valence-corrected chi connectivity index (χ1v) is 12.8. The van der Waals surface area contributed by atoms with Crippen molar-refractivity contribution >= 4 is 22.6 Å². The Morgan fingerprint density at radius 3 is 2.52 bits per heavy atom. The molecule has 0 unspecified atom stereocenters. The van der Waals surface area contributed by atoms with E-state index in [-0.39, 0.29) is 53.1 Å². The quantitative estimate of drug-likeness (QED) is 0.212. The van der Waals surface area contributed by atoms with Gasteiger partial charge in [0.2, 0.25) is 5.91 Å². The van der Waals surface area contributed by atoms with E-state index < -0.39 is 40.6 Å². The van der Waals surface area contributed by atoms with E-state index in [1.165, 1.54) is 61.7 Å². The van der Waals surface area contributed by atoms with Gasteiger partial charge >= 0.3 is 6.36 Å². The summed E-state index contributed by atoms with van der Waals surface area (Å²) in [5.74, 6) is -2.06. The molecule has 3 N–H and O–H groups in total. The number of ether oxygens (including phenoxy) is 2. The zero-order chi connectivity index (χ0) is 30.4. The maximum absolute atomic E-state index is 13.6. The van der Waals surface area contributed by atoms with Gasteiger partial charge in [0.1, 0.15) is 40.4 Å². The molecule has 0 fully saturated rings. The highest BCUT2D eigenvalue weighted by Gasteiger charge is 2.45. The molecule has 42 heavy (non-hydrogen) atoms. The van der Waals surface area contributed by atoms with Crippen LogP contribution in [0.3, 0.4) is 0 Å². The van der Waals surface area contributed by atoms with Gasteiger partial charge in [0.05, 0.1) is 5.69 Å². The first kappa shape index (κ1) is 28.9. The minimum Gasteiger partial charge on any atom is -0.489 e. The molecule has 0 spiro atoms. The number of ketones is 1. The Morgan fingerprint density at radius 2 is 1.86 bits per heavy atom. The first-order chi connectivity index (χ1) is 19.7. The van der Waals surface area contributed by atoms with Crippen LogP contribution in [0.2, 0.25) is 0 Å². The molecule has 0 saturated heterocycles. The van der Waals surface area contributed by atoms with Crippen molar-refractivity contribution < 1.29 is 41.7 Å². The summed E-state index contributed by atoms with van der Waals surface area (Å²) in [6.07, 6.45) is -4.16. The fourth-order valence-corrected chi connectivity index (χ4v) is 4.82. The lowest BCUT2D eigenvalue weighted by Crippen LogP contribution is -2.40. The molecule has 1 aliphatic heterocycles. The predicted octanol–water partition coefficient (Wildman–Crippen LogP) is 5.34. The number of nitrogens with two attached hydrogens (primary N) is 1. The molecule has 4 aromatic rings. The standard InChI is InChI=1S/C30H25F4N3O5/c1-28(27(35)39)15-41-26-20(28)14-23(37-25(26)16-5-7-19(31)8-6-16)29(2,40)10-9-21(38)18-12-17-4-3-11-36-24(17)22(13-18)42-30(32,33)34/h3-8,11-14,40H,9-10,15H2,1-2H3,(H2,35,39)/t28-,29-/m0/s1. The summed E-state index contributed by atoms with van der Waals surface area (Å²) < 4.78 is 62.7. The molecule has 0 bridgehead atoms. The number of fused-ring (bicyclic) bond motifs is 2. The van der Waals surface area contributed by atoms with Gasteiger partial charge in [-0.05, 0) is 68.8 Å². The van der Waals surface area contributed by atoms with E-state index in [0.29, 0.717) is 11.1 Å². The highest BCUT2D eigenvalue weighted by atomic mass is 19.4. The van der Waals surface area contributed by atoms with E-state index in [9.17, 15) is 32.3 Å². The Kier molecular flexibility index (Phi) is 7.13. The van der Waals surface area contributed by atoms with Crippen molar-refractivity contribution in [2.75, 3.05) is 6.61 Å². The van der Waals surface area contributed by atoms with Crippen molar-refractivity contribution in [3.05, 3.63) is 83.4 Å². The summed E-state index contributed by atoms with van der Waals surface area (Å²) in [5, 5.41) is 11.8. The third kappa shape index (κ3) is 5.49. The number of amides is 1.